The van der Waals surface area contributed by atoms with Crippen LogP contribution in [0.5, 0.6) is 0 Å². The van der Waals surface area contributed by atoms with E-state index in [0.29, 0.717) is 0 Å². The summed E-state index contributed by atoms with van der Waals surface area (Å²) < 4.78 is 26.0. The second-order valence-corrected chi connectivity index (χ2v) is 5.82. The van der Waals surface area contributed by atoms with Gasteiger partial charge in [-0.1, -0.05) is 6.07 Å². The van der Waals surface area contributed by atoms with Crippen molar-refractivity contribution in [3.05, 3.63) is 28.6 Å². The van der Waals surface area contributed by atoms with Gasteiger partial charge in [-0.05, 0) is 11.4 Å². The van der Waals surface area contributed by atoms with E-state index in [1.165, 1.54) is 17.5 Å². The van der Waals surface area contributed by atoms with Gasteiger partial charge in [-0.15, -0.1) is 11.3 Å². The zero-order valence-corrected chi connectivity index (χ0v) is 9.81. The van der Waals surface area contributed by atoms with Crippen molar-refractivity contribution < 1.29 is 8.42 Å². The number of nitrogens with zero attached hydrogens (tertiary/aromatic N) is 1. The molecule has 0 spiro atoms. The lowest BCUT2D eigenvalue weighted by atomic mass is 10.5. The molecular weight excluding hydrogens is 248 g/mol. The van der Waals surface area contributed by atoms with Crippen LogP contribution in [-0.4, -0.2) is 18.6 Å². The van der Waals surface area contributed by atoms with E-state index in [1.54, 1.807) is 0 Å². The fourth-order valence-electron chi connectivity index (χ4n) is 1.16. The van der Waals surface area contributed by atoms with E-state index >= 15 is 0 Å². The predicted octanol–water partition coefficient (Wildman–Crippen LogP) is 0.532. The number of anilines is 1. The molecule has 8 heteroatoms. The third-order valence-corrected chi connectivity index (χ3v) is 4.24. The van der Waals surface area contributed by atoms with Gasteiger partial charge in [0.15, 0.2) is 0 Å². The second-order valence-electron chi connectivity index (χ2n) is 3.05. The van der Waals surface area contributed by atoms with Crippen LogP contribution in [0.2, 0.25) is 0 Å². The normalized spacial score (nSPS) is 11.8. The van der Waals surface area contributed by atoms with Crippen LogP contribution in [0.1, 0.15) is 4.88 Å². The molecule has 0 aliphatic carbocycles. The summed E-state index contributed by atoms with van der Waals surface area (Å²) in [4.78, 5) is 0.912. The molecule has 0 saturated heterocycles. The number of aromatic amines is 1. The predicted molar refractivity (Wildman–Crippen MR) is 61.3 cm³/mol. The Balaban J connectivity index is 2.13. The summed E-state index contributed by atoms with van der Waals surface area (Å²) in [6, 6.07) is 3.71. The highest BCUT2D eigenvalue weighted by Crippen LogP contribution is 2.15. The number of hydrogen-bond donors (Lipinski definition) is 3. The minimum Gasteiger partial charge on any atom is -0.383 e. The number of rotatable bonds is 4. The van der Waals surface area contributed by atoms with Gasteiger partial charge < -0.3 is 5.73 Å². The van der Waals surface area contributed by atoms with Gasteiger partial charge in [-0.3, -0.25) is 5.10 Å². The molecule has 0 fully saturated rings. The van der Waals surface area contributed by atoms with E-state index < -0.39 is 10.0 Å². The van der Waals surface area contributed by atoms with Crippen LogP contribution in [0.25, 0.3) is 0 Å². The van der Waals surface area contributed by atoms with E-state index in [-0.39, 0.29) is 17.3 Å². The average Bonchev–Trinajstić information content (AvgIpc) is 2.85. The largest absolute Gasteiger partial charge is 0.383 e. The van der Waals surface area contributed by atoms with Crippen molar-refractivity contribution in [2.24, 2.45) is 0 Å². The summed E-state index contributed by atoms with van der Waals surface area (Å²) >= 11 is 1.48. The Hall–Kier alpha value is -1.38. The number of nitrogen functional groups attached to an aromatic ring is 1. The summed E-state index contributed by atoms with van der Waals surface area (Å²) in [7, 11) is -3.59. The molecule has 2 aromatic heterocycles. The molecule has 86 valence electrons. The number of nitrogens with one attached hydrogen (secondary N) is 2. The van der Waals surface area contributed by atoms with Crippen molar-refractivity contribution in [3.63, 3.8) is 0 Å². The summed E-state index contributed by atoms with van der Waals surface area (Å²) in [6.45, 7) is 0.255. The van der Waals surface area contributed by atoms with Crippen LogP contribution in [0, 0.1) is 0 Å². The first-order valence-corrected chi connectivity index (χ1v) is 6.77. The summed E-state index contributed by atoms with van der Waals surface area (Å²) in [5.41, 5.74) is 5.44. The monoisotopic (exact) mass is 258 g/mol. The average molecular weight is 258 g/mol. The molecule has 4 N–H and O–H groups in total. The fraction of sp³-hybridized carbons (Fsp3) is 0.125. The molecule has 2 aromatic rings. The second kappa shape index (κ2) is 4.24. The lowest BCUT2D eigenvalue weighted by molar-refractivity contribution is 0.582. The molecule has 0 unspecified atom stereocenters. The molecule has 2 heterocycles. The Kier molecular flexibility index (Phi) is 2.95. The molecule has 16 heavy (non-hydrogen) atoms. The summed E-state index contributed by atoms with van der Waals surface area (Å²) in [5, 5.41) is 7.83. The maximum Gasteiger partial charge on any atom is 0.246 e. The standard InChI is InChI=1S/C8H10N4O2S2/c9-8-7(5-10-12-8)16(13,14)11-4-6-2-1-3-15-6/h1-3,5,11H,4H2,(H3,9,10,12). The van der Waals surface area contributed by atoms with Gasteiger partial charge >= 0.3 is 0 Å². The van der Waals surface area contributed by atoms with E-state index in [9.17, 15) is 8.42 Å². The minimum atomic E-state index is -3.59. The molecular formula is C8H10N4O2S2. The summed E-state index contributed by atoms with van der Waals surface area (Å²) in [6.07, 6.45) is 1.19. The van der Waals surface area contributed by atoms with E-state index in [0.717, 1.165) is 4.88 Å². The first-order valence-electron chi connectivity index (χ1n) is 4.40. The molecule has 0 radical (unpaired) electrons. The van der Waals surface area contributed by atoms with E-state index in [2.05, 4.69) is 14.9 Å². The molecule has 0 aliphatic rings. The molecule has 0 saturated carbocycles. The van der Waals surface area contributed by atoms with Crippen LogP contribution in [0.15, 0.2) is 28.6 Å². The van der Waals surface area contributed by atoms with Crippen molar-refractivity contribution in [2.75, 3.05) is 5.73 Å². The lowest BCUT2D eigenvalue weighted by Gasteiger charge is -2.03. The number of thiophene rings is 1. The zero-order valence-electron chi connectivity index (χ0n) is 8.17. The number of hydrogen-bond acceptors (Lipinski definition) is 5. The Morgan fingerprint density at radius 1 is 1.56 bits per heavy atom. The van der Waals surface area contributed by atoms with Crippen LogP contribution >= 0.6 is 11.3 Å². The van der Waals surface area contributed by atoms with Crippen molar-refractivity contribution in [2.45, 2.75) is 11.4 Å². The quantitative estimate of drug-likeness (QED) is 0.744. The van der Waals surface area contributed by atoms with Crippen molar-refractivity contribution in [1.29, 1.82) is 0 Å². The Morgan fingerprint density at radius 2 is 2.38 bits per heavy atom. The van der Waals surface area contributed by atoms with E-state index in [1.807, 2.05) is 17.5 Å². The topological polar surface area (TPSA) is 101 Å². The molecule has 0 bridgehead atoms. The minimum absolute atomic E-state index is 0.0240. The number of aromatic nitrogens is 2. The third-order valence-electron chi connectivity index (χ3n) is 1.94. The summed E-state index contributed by atoms with van der Waals surface area (Å²) in [5.74, 6) is 0.0404. The van der Waals surface area contributed by atoms with E-state index in [4.69, 9.17) is 5.73 Å². The van der Waals surface area contributed by atoms with Gasteiger partial charge in [-0.2, -0.15) is 5.10 Å². The molecule has 6 nitrogen and oxygen atoms in total. The van der Waals surface area contributed by atoms with Crippen LogP contribution in [0.4, 0.5) is 5.82 Å². The molecule has 0 aromatic carbocycles. The van der Waals surface area contributed by atoms with Gasteiger partial charge in [0, 0.05) is 11.4 Å². The SMILES string of the molecule is Nc1[nH]ncc1S(=O)(=O)NCc1cccs1. The highest BCUT2D eigenvalue weighted by atomic mass is 32.2. The van der Waals surface area contributed by atoms with Gasteiger partial charge in [0.25, 0.3) is 0 Å². The Labute approximate surface area is 96.5 Å². The fourth-order valence-corrected chi connectivity index (χ4v) is 2.92. The maximum atomic E-state index is 11.8. The van der Waals surface area contributed by atoms with Crippen LogP contribution in [0.3, 0.4) is 0 Å². The zero-order chi connectivity index (χ0) is 11.6. The van der Waals surface area contributed by atoms with Crippen molar-refractivity contribution >= 4 is 27.2 Å². The van der Waals surface area contributed by atoms with Gasteiger partial charge in [0.1, 0.15) is 10.7 Å². The molecule has 2 rings (SSSR count). The van der Waals surface area contributed by atoms with Crippen LogP contribution < -0.4 is 10.5 Å². The van der Waals surface area contributed by atoms with Crippen molar-refractivity contribution in [3.8, 4) is 0 Å². The maximum absolute atomic E-state index is 11.8. The molecule has 0 aliphatic heterocycles. The van der Waals surface area contributed by atoms with Gasteiger partial charge in [0.2, 0.25) is 10.0 Å². The van der Waals surface area contributed by atoms with Gasteiger partial charge in [-0.25, -0.2) is 13.1 Å². The number of H-pyrrole nitrogens is 1. The van der Waals surface area contributed by atoms with Crippen LogP contribution in [-0.2, 0) is 16.6 Å². The lowest BCUT2D eigenvalue weighted by Crippen LogP contribution is -2.23. The Bertz CT molecular complexity index is 559. The van der Waals surface area contributed by atoms with Crippen molar-refractivity contribution in [1.82, 2.24) is 14.9 Å². The highest BCUT2D eigenvalue weighted by molar-refractivity contribution is 7.89. The smallest absolute Gasteiger partial charge is 0.246 e. The first kappa shape index (κ1) is 11.1. The number of sulfonamides is 1. The third kappa shape index (κ3) is 2.23. The molecule has 0 atom stereocenters. The highest BCUT2D eigenvalue weighted by Gasteiger charge is 2.18. The Morgan fingerprint density at radius 3 is 2.94 bits per heavy atom. The first-order chi connectivity index (χ1) is 7.59. The number of nitrogens with two attached hydrogens (primary N) is 1. The van der Waals surface area contributed by atoms with Gasteiger partial charge in [0.05, 0.1) is 6.20 Å². The molecule has 0 amide bonds.